The summed E-state index contributed by atoms with van der Waals surface area (Å²) in [7, 11) is -3.17. The van der Waals surface area contributed by atoms with Gasteiger partial charge in [0.1, 0.15) is 6.54 Å². The van der Waals surface area contributed by atoms with Crippen LogP contribution in [0.1, 0.15) is 11.3 Å². The van der Waals surface area contributed by atoms with Gasteiger partial charge in [-0.3, -0.25) is 14.2 Å². The van der Waals surface area contributed by atoms with Gasteiger partial charge in [-0.05, 0) is 30.0 Å². The van der Waals surface area contributed by atoms with E-state index in [1.807, 2.05) is 17.5 Å². The lowest BCUT2D eigenvalue weighted by atomic mass is 10.2. The standard InChI is InChI=1S/C19H17Cl2N3O4S2/c20-12-6-15-18(16(21)7-12)22-11-23(19(15)26)9-17(25)24(8-14-2-1-4-29-14)13-3-5-30(27,28)10-13/h1-2,4,6-7,11,13H,3,5,8-10H2. The second-order valence-corrected chi connectivity index (χ2v) is 11.2. The molecule has 30 heavy (non-hydrogen) atoms. The van der Waals surface area contributed by atoms with Crippen LogP contribution >= 0.6 is 34.5 Å². The van der Waals surface area contributed by atoms with Crippen molar-refractivity contribution in [2.75, 3.05) is 11.5 Å². The lowest BCUT2D eigenvalue weighted by Gasteiger charge is -2.28. The van der Waals surface area contributed by atoms with E-state index in [2.05, 4.69) is 4.98 Å². The van der Waals surface area contributed by atoms with Crippen LogP contribution in [0.5, 0.6) is 0 Å². The number of rotatable bonds is 5. The van der Waals surface area contributed by atoms with Crippen LogP contribution in [0.15, 0.2) is 40.8 Å². The first-order chi connectivity index (χ1) is 14.2. The first-order valence-electron chi connectivity index (χ1n) is 9.10. The summed E-state index contributed by atoms with van der Waals surface area (Å²) in [5.41, 5.74) is -0.125. The van der Waals surface area contributed by atoms with Crippen molar-refractivity contribution in [2.45, 2.75) is 25.6 Å². The van der Waals surface area contributed by atoms with Crippen molar-refractivity contribution in [3.8, 4) is 0 Å². The number of carbonyl (C=O) groups excluding carboxylic acids is 1. The van der Waals surface area contributed by atoms with Gasteiger partial charge in [-0.25, -0.2) is 13.4 Å². The fourth-order valence-electron chi connectivity index (χ4n) is 3.56. The van der Waals surface area contributed by atoms with Crippen LogP contribution < -0.4 is 5.56 Å². The molecule has 0 saturated carbocycles. The van der Waals surface area contributed by atoms with Crippen molar-refractivity contribution < 1.29 is 13.2 Å². The number of amides is 1. The van der Waals surface area contributed by atoms with Crippen LogP contribution in [0.2, 0.25) is 10.0 Å². The lowest BCUT2D eigenvalue weighted by molar-refractivity contribution is -0.134. The third-order valence-electron chi connectivity index (χ3n) is 5.03. The highest BCUT2D eigenvalue weighted by Gasteiger charge is 2.35. The molecule has 158 valence electrons. The van der Waals surface area contributed by atoms with Crippen LogP contribution in [0.4, 0.5) is 0 Å². The highest BCUT2D eigenvalue weighted by atomic mass is 35.5. The zero-order chi connectivity index (χ0) is 21.5. The minimum absolute atomic E-state index is 0.0559. The molecule has 0 bridgehead atoms. The molecule has 1 aliphatic rings. The third-order valence-corrected chi connectivity index (χ3v) is 8.14. The Bertz CT molecular complexity index is 1270. The summed E-state index contributed by atoms with van der Waals surface area (Å²) in [5, 5.41) is 2.67. The third kappa shape index (κ3) is 4.39. The molecular weight excluding hydrogens is 469 g/mol. The molecule has 1 aliphatic heterocycles. The smallest absolute Gasteiger partial charge is 0.261 e. The summed E-state index contributed by atoms with van der Waals surface area (Å²) in [6.45, 7) is 0.0396. The number of thiophene rings is 1. The molecule has 1 fully saturated rings. The minimum atomic E-state index is -3.17. The molecular formula is C19H17Cl2N3O4S2. The van der Waals surface area contributed by atoms with Gasteiger partial charge in [0.25, 0.3) is 5.56 Å². The Morgan fingerprint density at radius 2 is 2.13 bits per heavy atom. The molecule has 11 heteroatoms. The van der Waals surface area contributed by atoms with Gasteiger partial charge in [0.05, 0.1) is 40.3 Å². The van der Waals surface area contributed by atoms with Crippen molar-refractivity contribution in [1.82, 2.24) is 14.5 Å². The number of hydrogen-bond donors (Lipinski definition) is 0. The molecule has 7 nitrogen and oxygen atoms in total. The van der Waals surface area contributed by atoms with Crippen LogP contribution in [-0.4, -0.2) is 46.3 Å². The summed E-state index contributed by atoms with van der Waals surface area (Å²) >= 11 is 13.6. The first kappa shape index (κ1) is 21.3. The fourth-order valence-corrected chi connectivity index (χ4v) is 6.53. The van der Waals surface area contributed by atoms with Crippen LogP contribution in [0, 0.1) is 0 Å². The normalized spacial score (nSPS) is 18.0. The molecule has 3 aromatic rings. The van der Waals surface area contributed by atoms with E-state index >= 15 is 0 Å². The van der Waals surface area contributed by atoms with Gasteiger partial charge >= 0.3 is 0 Å². The number of halogens is 2. The number of hydrogen-bond acceptors (Lipinski definition) is 6. The molecule has 1 amide bonds. The van der Waals surface area contributed by atoms with Crippen molar-refractivity contribution in [3.05, 3.63) is 61.2 Å². The van der Waals surface area contributed by atoms with Gasteiger partial charge in [-0.2, -0.15) is 0 Å². The summed E-state index contributed by atoms with van der Waals surface area (Å²) < 4.78 is 25.1. The number of aromatic nitrogens is 2. The molecule has 3 heterocycles. The Labute approximate surface area is 186 Å². The highest BCUT2D eigenvalue weighted by Crippen LogP contribution is 2.25. The number of benzene rings is 1. The van der Waals surface area contributed by atoms with E-state index < -0.39 is 21.4 Å². The lowest BCUT2D eigenvalue weighted by Crippen LogP contribution is -2.43. The zero-order valence-corrected chi connectivity index (χ0v) is 18.8. The van der Waals surface area contributed by atoms with Crippen LogP contribution in [0.25, 0.3) is 10.9 Å². The predicted octanol–water partition coefficient (Wildman–Crippen LogP) is 2.98. The van der Waals surface area contributed by atoms with E-state index in [9.17, 15) is 18.0 Å². The fraction of sp³-hybridized carbons (Fsp3) is 0.316. The summed E-state index contributed by atoms with van der Waals surface area (Å²) in [5.74, 6) is -0.359. The molecule has 1 unspecified atom stereocenters. The average Bonchev–Trinajstić information content (AvgIpc) is 3.31. The summed E-state index contributed by atoms with van der Waals surface area (Å²) in [4.78, 5) is 32.7. The molecule has 4 rings (SSSR count). The van der Waals surface area contributed by atoms with Crippen LogP contribution in [0.3, 0.4) is 0 Å². The SMILES string of the molecule is O=C(Cn1cnc2c(Cl)cc(Cl)cc2c1=O)N(Cc1cccs1)C1CCS(=O)(=O)C1. The Kier molecular flexibility index (Phi) is 5.89. The van der Waals surface area contributed by atoms with Gasteiger partial charge in [0.2, 0.25) is 5.91 Å². The maximum atomic E-state index is 13.2. The Morgan fingerprint density at radius 3 is 2.80 bits per heavy atom. The Hall–Kier alpha value is -1.94. The molecule has 2 aromatic heterocycles. The van der Waals surface area contributed by atoms with Gasteiger partial charge in [0.15, 0.2) is 9.84 Å². The second-order valence-electron chi connectivity index (χ2n) is 7.12. The van der Waals surface area contributed by atoms with Crippen molar-refractivity contribution in [3.63, 3.8) is 0 Å². The molecule has 1 atom stereocenters. The van der Waals surface area contributed by atoms with E-state index in [1.54, 1.807) is 4.90 Å². The molecule has 1 saturated heterocycles. The van der Waals surface area contributed by atoms with Crippen molar-refractivity contribution in [2.24, 2.45) is 0 Å². The van der Waals surface area contributed by atoms with Gasteiger partial charge in [0, 0.05) is 15.9 Å². The number of fused-ring (bicyclic) bond motifs is 1. The maximum absolute atomic E-state index is 13.2. The highest BCUT2D eigenvalue weighted by molar-refractivity contribution is 7.91. The number of sulfone groups is 1. The molecule has 0 radical (unpaired) electrons. The van der Waals surface area contributed by atoms with Crippen LogP contribution in [-0.2, 0) is 27.7 Å². The van der Waals surface area contributed by atoms with Crippen molar-refractivity contribution >= 4 is 61.2 Å². The average molecular weight is 486 g/mol. The first-order valence-corrected chi connectivity index (χ1v) is 12.6. The topological polar surface area (TPSA) is 89.3 Å². The van der Waals surface area contributed by atoms with Gasteiger partial charge in [-0.1, -0.05) is 29.3 Å². The largest absolute Gasteiger partial charge is 0.332 e. The Morgan fingerprint density at radius 1 is 1.33 bits per heavy atom. The summed E-state index contributed by atoms with van der Waals surface area (Å²) in [6.07, 6.45) is 1.66. The number of carbonyl (C=O) groups is 1. The summed E-state index contributed by atoms with van der Waals surface area (Å²) in [6, 6.07) is 6.31. The second kappa shape index (κ2) is 8.30. The zero-order valence-electron chi connectivity index (χ0n) is 15.6. The Balaban J connectivity index is 1.65. The quantitative estimate of drug-likeness (QED) is 0.553. The predicted molar refractivity (Wildman–Crippen MR) is 118 cm³/mol. The monoisotopic (exact) mass is 485 g/mol. The van der Waals surface area contributed by atoms with E-state index in [4.69, 9.17) is 23.2 Å². The maximum Gasteiger partial charge on any atom is 0.261 e. The number of nitrogens with zero attached hydrogens (tertiary/aromatic N) is 3. The van der Waals surface area contributed by atoms with E-state index in [-0.39, 0.29) is 34.4 Å². The van der Waals surface area contributed by atoms with E-state index in [0.717, 1.165) is 4.88 Å². The molecule has 0 N–H and O–H groups in total. The minimum Gasteiger partial charge on any atom is -0.332 e. The molecule has 0 aliphatic carbocycles. The molecule has 0 spiro atoms. The van der Waals surface area contributed by atoms with Gasteiger partial charge in [-0.15, -0.1) is 11.3 Å². The van der Waals surface area contributed by atoms with Crippen molar-refractivity contribution in [1.29, 1.82) is 0 Å². The van der Waals surface area contributed by atoms with Gasteiger partial charge < -0.3 is 4.90 Å². The van der Waals surface area contributed by atoms with E-state index in [0.29, 0.717) is 23.5 Å². The van der Waals surface area contributed by atoms with E-state index in [1.165, 1.54) is 34.4 Å². The molecule has 1 aromatic carbocycles.